The Morgan fingerprint density at radius 2 is 2.26 bits per heavy atom. The fourth-order valence-corrected chi connectivity index (χ4v) is 2.65. The van der Waals surface area contributed by atoms with Crippen molar-refractivity contribution < 1.29 is 9.30 Å². The lowest BCUT2D eigenvalue weighted by molar-refractivity contribution is -0.684. The Labute approximate surface area is 135 Å². The number of hydrogen-bond acceptors (Lipinski definition) is 2. The van der Waals surface area contributed by atoms with Crippen molar-refractivity contribution in [3.8, 4) is 17.1 Å². The molecule has 0 atom stereocenters. The molecule has 0 saturated heterocycles. The number of aryl methyl sites for hydroxylation is 1. The molecule has 6 nitrogen and oxygen atoms in total. The van der Waals surface area contributed by atoms with Gasteiger partial charge >= 0.3 is 0 Å². The van der Waals surface area contributed by atoms with Crippen LogP contribution in [0.25, 0.3) is 11.4 Å². The van der Waals surface area contributed by atoms with Crippen molar-refractivity contribution in [2.24, 2.45) is 15.7 Å². The van der Waals surface area contributed by atoms with Gasteiger partial charge < -0.3 is 10.5 Å². The van der Waals surface area contributed by atoms with E-state index in [2.05, 4.69) is 44.7 Å². The zero-order valence-corrected chi connectivity index (χ0v) is 13.7. The van der Waals surface area contributed by atoms with Crippen LogP contribution in [0.3, 0.4) is 0 Å². The average molecular weight is 312 g/mol. The van der Waals surface area contributed by atoms with Crippen LogP contribution in [-0.4, -0.2) is 29.8 Å². The topological polar surface area (TPSA) is 79.6 Å². The van der Waals surface area contributed by atoms with Crippen LogP contribution in [-0.2, 0) is 6.54 Å². The van der Waals surface area contributed by atoms with Crippen LogP contribution in [0.4, 0.5) is 0 Å². The molecule has 0 bridgehead atoms. The van der Waals surface area contributed by atoms with Gasteiger partial charge in [0.25, 0.3) is 5.82 Å². The summed E-state index contributed by atoms with van der Waals surface area (Å²) < 4.78 is 8.00. The SMILES string of the molecule is Cc1ccc2c(c1)OCC[n+]1cc(C(N=CN)=NC(C)C)[nH]c1-2. The maximum absolute atomic E-state index is 5.86. The van der Waals surface area contributed by atoms with Gasteiger partial charge in [-0.25, -0.2) is 14.5 Å². The predicted octanol–water partition coefficient (Wildman–Crippen LogP) is 1.81. The number of aliphatic imine (C=N–C) groups is 2. The van der Waals surface area contributed by atoms with Crippen molar-refractivity contribution in [2.75, 3.05) is 6.61 Å². The molecule has 0 saturated carbocycles. The molecule has 0 unspecified atom stereocenters. The van der Waals surface area contributed by atoms with Crippen LogP contribution in [0.2, 0.25) is 0 Å². The summed E-state index contributed by atoms with van der Waals surface area (Å²) in [5.74, 6) is 2.50. The molecule has 0 spiro atoms. The average Bonchev–Trinajstić information content (AvgIpc) is 2.83. The van der Waals surface area contributed by atoms with Gasteiger partial charge in [0, 0.05) is 6.04 Å². The number of rotatable bonds is 2. The lowest BCUT2D eigenvalue weighted by Crippen LogP contribution is -2.35. The number of hydrogen-bond donors (Lipinski definition) is 2. The first kappa shape index (κ1) is 15.3. The van der Waals surface area contributed by atoms with E-state index >= 15 is 0 Å². The molecule has 1 aliphatic heterocycles. The minimum atomic E-state index is 0.139. The number of nitrogens with one attached hydrogen (secondary N) is 1. The van der Waals surface area contributed by atoms with E-state index in [4.69, 9.17) is 10.5 Å². The van der Waals surface area contributed by atoms with Gasteiger partial charge in [-0.2, -0.15) is 0 Å². The van der Waals surface area contributed by atoms with Gasteiger partial charge in [0.05, 0.1) is 6.34 Å². The van der Waals surface area contributed by atoms with E-state index in [0.29, 0.717) is 12.4 Å². The normalized spacial score (nSPS) is 14.5. The summed E-state index contributed by atoms with van der Waals surface area (Å²) in [4.78, 5) is 12.2. The largest absolute Gasteiger partial charge is 0.489 e. The van der Waals surface area contributed by atoms with Gasteiger partial charge in [-0.1, -0.05) is 6.07 Å². The monoisotopic (exact) mass is 312 g/mol. The molecule has 3 rings (SSSR count). The van der Waals surface area contributed by atoms with E-state index in [1.54, 1.807) is 0 Å². The van der Waals surface area contributed by atoms with Crippen LogP contribution in [0.1, 0.15) is 25.1 Å². The number of benzene rings is 1. The van der Waals surface area contributed by atoms with Gasteiger partial charge in [0.2, 0.25) is 11.5 Å². The zero-order valence-electron chi connectivity index (χ0n) is 13.7. The number of imidazole rings is 1. The van der Waals surface area contributed by atoms with Crippen molar-refractivity contribution in [3.63, 3.8) is 0 Å². The summed E-state index contributed by atoms with van der Waals surface area (Å²) in [7, 11) is 0. The molecular formula is C17H22N5O+. The van der Waals surface area contributed by atoms with Crippen LogP contribution in [0.5, 0.6) is 5.75 Å². The van der Waals surface area contributed by atoms with E-state index in [0.717, 1.165) is 29.4 Å². The van der Waals surface area contributed by atoms with Gasteiger partial charge in [-0.05, 0) is 38.5 Å². The molecule has 6 heteroatoms. The fourth-order valence-electron chi connectivity index (χ4n) is 2.65. The van der Waals surface area contributed by atoms with E-state index < -0.39 is 0 Å². The van der Waals surface area contributed by atoms with E-state index in [1.165, 1.54) is 11.9 Å². The highest BCUT2D eigenvalue weighted by atomic mass is 16.5. The van der Waals surface area contributed by atoms with Gasteiger partial charge in [-0.15, -0.1) is 0 Å². The summed E-state index contributed by atoms with van der Waals surface area (Å²) in [6, 6.07) is 6.36. The number of nitrogens with zero attached hydrogens (tertiary/aromatic N) is 3. The minimum Gasteiger partial charge on any atom is -0.489 e. The molecule has 120 valence electrons. The number of aromatic nitrogens is 2. The molecular weight excluding hydrogens is 290 g/mol. The second-order valence-corrected chi connectivity index (χ2v) is 5.88. The van der Waals surface area contributed by atoms with Crippen molar-refractivity contribution in [1.82, 2.24) is 4.98 Å². The molecule has 2 aromatic rings. The Morgan fingerprint density at radius 1 is 1.43 bits per heavy atom. The second-order valence-electron chi connectivity index (χ2n) is 5.88. The first-order valence-corrected chi connectivity index (χ1v) is 7.77. The smallest absolute Gasteiger partial charge is 0.291 e. The molecule has 0 radical (unpaired) electrons. The fraction of sp³-hybridized carbons (Fsp3) is 0.353. The lowest BCUT2D eigenvalue weighted by Gasteiger charge is -2.05. The first-order chi connectivity index (χ1) is 11.1. The number of aromatic amines is 1. The maximum Gasteiger partial charge on any atom is 0.291 e. The van der Waals surface area contributed by atoms with E-state index in [-0.39, 0.29) is 6.04 Å². The number of amidine groups is 1. The summed E-state index contributed by atoms with van der Waals surface area (Å²) in [6.07, 6.45) is 3.29. The standard InChI is InChI=1S/C17H21N5O/c1-11(2)20-16(19-10-18)14-9-22-6-7-23-15-8-12(3)4-5-13(15)17(22)21-14/h4-5,8-11H,6-7H2,1-3H3,(H2,18,19,20)/p+1. The first-order valence-electron chi connectivity index (χ1n) is 7.77. The van der Waals surface area contributed by atoms with Gasteiger partial charge in [-0.3, -0.25) is 4.99 Å². The predicted molar refractivity (Wildman–Crippen MR) is 91.0 cm³/mol. The Morgan fingerprint density at radius 3 is 3.00 bits per heavy atom. The second kappa shape index (κ2) is 6.24. The van der Waals surface area contributed by atoms with Crippen molar-refractivity contribution in [2.45, 2.75) is 33.4 Å². The Bertz CT molecular complexity index is 773. The van der Waals surface area contributed by atoms with Gasteiger partial charge in [0.15, 0.2) is 0 Å². The number of fused-ring (bicyclic) bond motifs is 3. The number of nitrogens with two attached hydrogens (primary N) is 1. The molecule has 23 heavy (non-hydrogen) atoms. The Kier molecular flexibility index (Phi) is 4.14. The van der Waals surface area contributed by atoms with Crippen LogP contribution in [0.15, 0.2) is 34.4 Å². The number of H-pyrrole nitrogens is 1. The Balaban J connectivity index is 2.11. The number of ether oxygens (including phenoxy) is 1. The third kappa shape index (κ3) is 3.11. The molecule has 1 aliphatic rings. The summed E-state index contributed by atoms with van der Waals surface area (Å²) >= 11 is 0. The lowest BCUT2D eigenvalue weighted by atomic mass is 10.1. The maximum atomic E-state index is 5.86. The van der Waals surface area contributed by atoms with E-state index in [1.807, 2.05) is 20.0 Å². The molecule has 3 N–H and O–H groups in total. The highest BCUT2D eigenvalue weighted by Crippen LogP contribution is 2.30. The minimum absolute atomic E-state index is 0.139. The van der Waals surface area contributed by atoms with Crippen LogP contribution >= 0.6 is 0 Å². The summed E-state index contributed by atoms with van der Waals surface area (Å²) in [5, 5.41) is 0. The van der Waals surface area contributed by atoms with Crippen molar-refractivity contribution in [3.05, 3.63) is 35.7 Å². The molecule has 1 aromatic heterocycles. The van der Waals surface area contributed by atoms with E-state index in [9.17, 15) is 0 Å². The highest BCUT2D eigenvalue weighted by Gasteiger charge is 2.26. The summed E-state index contributed by atoms with van der Waals surface area (Å²) in [6.45, 7) is 7.48. The quantitative estimate of drug-likeness (QED) is 0.504. The zero-order chi connectivity index (χ0) is 16.4. The van der Waals surface area contributed by atoms with Gasteiger partial charge in [0.1, 0.15) is 30.7 Å². The molecule has 0 amide bonds. The van der Waals surface area contributed by atoms with Crippen molar-refractivity contribution in [1.29, 1.82) is 0 Å². The summed E-state index contributed by atoms with van der Waals surface area (Å²) in [5.41, 5.74) is 8.54. The highest BCUT2D eigenvalue weighted by molar-refractivity contribution is 6.01. The molecule has 1 aromatic carbocycles. The Hall–Kier alpha value is -2.63. The molecule has 2 heterocycles. The van der Waals surface area contributed by atoms with Crippen molar-refractivity contribution >= 4 is 12.2 Å². The van der Waals surface area contributed by atoms with Crippen LogP contribution in [0, 0.1) is 6.92 Å². The molecule has 0 aliphatic carbocycles. The van der Waals surface area contributed by atoms with Crippen LogP contribution < -0.4 is 15.0 Å². The third-order valence-electron chi connectivity index (χ3n) is 3.63. The molecule has 0 fully saturated rings. The third-order valence-corrected chi connectivity index (χ3v) is 3.63.